The maximum absolute atomic E-state index is 12.8. The van der Waals surface area contributed by atoms with Crippen LogP contribution in [-0.4, -0.2) is 26.4 Å². The van der Waals surface area contributed by atoms with Crippen molar-refractivity contribution in [2.75, 3.05) is 6.54 Å². The van der Waals surface area contributed by atoms with Crippen LogP contribution >= 0.6 is 0 Å². The second kappa shape index (κ2) is 5.84. The van der Waals surface area contributed by atoms with Gasteiger partial charge < -0.3 is 4.98 Å². The van der Waals surface area contributed by atoms with E-state index in [1.807, 2.05) is 12.3 Å². The maximum Gasteiger partial charge on any atom is 0.451 e. The van der Waals surface area contributed by atoms with E-state index in [0.29, 0.717) is 25.2 Å². The van der Waals surface area contributed by atoms with Crippen molar-refractivity contribution in [1.29, 1.82) is 0 Å². The van der Waals surface area contributed by atoms with E-state index in [-0.39, 0.29) is 0 Å². The number of rotatable bonds is 2. The summed E-state index contributed by atoms with van der Waals surface area (Å²) in [6.07, 6.45) is -0.549. The van der Waals surface area contributed by atoms with Gasteiger partial charge in [0.05, 0.1) is 5.69 Å². The van der Waals surface area contributed by atoms with Crippen LogP contribution in [0.4, 0.5) is 13.2 Å². The molecule has 4 nitrogen and oxygen atoms in total. The van der Waals surface area contributed by atoms with Crippen molar-refractivity contribution in [1.82, 2.24) is 19.9 Å². The number of fused-ring (bicyclic) bond motifs is 2. The number of benzene rings is 1. The molecule has 1 aliphatic rings. The molecule has 0 aliphatic carbocycles. The molecular formula is C18H17F3N4. The van der Waals surface area contributed by atoms with Gasteiger partial charge in [0.15, 0.2) is 0 Å². The summed E-state index contributed by atoms with van der Waals surface area (Å²) < 4.78 is 38.5. The van der Waals surface area contributed by atoms with Crippen molar-refractivity contribution in [3.8, 4) is 0 Å². The zero-order valence-corrected chi connectivity index (χ0v) is 13.7. The highest BCUT2D eigenvalue weighted by Crippen LogP contribution is 2.29. The number of halogens is 3. The van der Waals surface area contributed by atoms with Crippen molar-refractivity contribution >= 4 is 10.9 Å². The molecule has 0 radical (unpaired) electrons. The van der Waals surface area contributed by atoms with Crippen LogP contribution in [0.1, 0.15) is 28.2 Å². The molecule has 0 bridgehead atoms. The van der Waals surface area contributed by atoms with Crippen molar-refractivity contribution in [2.24, 2.45) is 0 Å². The minimum Gasteiger partial charge on any atom is -0.361 e. The zero-order chi connectivity index (χ0) is 17.6. The Morgan fingerprint density at radius 3 is 2.92 bits per heavy atom. The van der Waals surface area contributed by atoms with Crippen molar-refractivity contribution in [3.05, 3.63) is 58.8 Å². The van der Waals surface area contributed by atoms with Gasteiger partial charge in [-0.2, -0.15) is 13.2 Å². The Bertz CT molecular complexity index is 930. The van der Waals surface area contributed by atoms with Gasteiger partial charge in [0, 0.05) is 42.9 Å². The molecule has 1 N–H and O–H groups in total. The predicted octanol–water partition coefficient (Wildman–Crippen LogP) is 3.84. The molecule has 1 aromatic carbocycles. The van der Waals surface area contributed by atoms with Gasteiger partial charge in [-0.1, -0.05) is 18.2 Å². The van der Waals surface area contributed by atoms with Crippen LogP contribution in [0.25, 0.3) is 10.9 Å². The first-order valence-corrected chi connectivity index (χ1v) is 8.12. The molecule has 1 aliphatic heterocycles. The Labute approximate surface area is 142 Å². The van der Waals surface area contributed by atoms with E-state index in [9.17, 15) is 13.2 Å². The number of aromatic nitrogens is 3. The Morgan fingerprint density at radius 1 is 1.28 bits per heavy atom. The van der Waals surface area contributed by atoms with Crippen molar-refractivity contribution in [2.45, 2.75) is 32.6 Å². The van der Waals surface area contributed by atoms with Gasteiger partial charge in [-0.05, 0) is 30.0 Å². The van der Waals surface area contributed by atoms with Crippen LogP contribution in [0.5, 0.6) is 0 Å². The van der Waals surface area contributed by atoms with Crippen LogP contribution in [0.3, 0.4) is 0 Å². The second-order valence-corrected chi connectivity index (χ2v) is 6.44. The Kier molecular flexibility index (Phi) is 3.76. The summed E-state index contributed by atoms with van der Waals surface area (Å²) in [6, 6.07) is 6.13. The first kappa shape index (κ1) is 16.1. The summed E-state index contributed by atoms with van der Waals surface area (Å²) in [4.78, 5) is 12.6. The molecule has 0 saturated carbocycles. The molecule has 0 unspecified atom stereocenters. The highest BCUT2D eigenvalue weighted by Gasteiger charge is 2.35. The van der Waals surface area contributed by atoms with E-state index in [0.717, 1.165) is 28.6 Å². The number of nitrogens with one attached hydrogen (secondary N) is 1. The quantitative estimate of drug-likeness (QED) is 0.767. The third kappa shape index (κ3) is 3.00. The minimum absolute atomic E-state index is 0.402. The lowest BCUT2D eigenvalue weighted by Gasteiger charge is -2.27. The molecule has 3 heterocycles. The molecule has 25 heavy (non-hydrogen) atoms. The molecule has 0 atom stereocenters. The number of hydrogen-bond donors (Lipinski definition) is 1. The third-order valence-corrected chi connectivity index (χ3v) is 4.68. The van der Waals surface area contributed by atoms with Gasteiger partial charge in [0.2, 0.25) is 5.82 Å². The lowest BCUT2D eigenvalue weighted by Crippen LogP contribution is -2.31. The van der Waals surface area contributed by atoms with Crippen molar-refractivity contribution < 1.29 is 13.2 Å². The molecule has 0 fully saturated rings. The van der Waals surface area contributed by atoms with E-state index in [4.69, 9.17) is 0 Å². The van der Waals surface area contributed by atoms with Gasteiger partial charge in [-0.15, -0.1) is 0 Å². The Hall–Kier alpha value is -2.41. The molecule has 0 spiro atoms. The normalized spacial score (nSPS) is 15.5. The van der Waals surface area contributed by atoms with Crippen molar-refractivity contribution in [3.63, 3.8) is 0 Å². The summed E-state index contributed by atoms with van der Waals surface area (Å²) in [5, 5.41) is 1.16. The smallest absolute Gasteiger partial charge is 0.361 e. The number of alkyl halides is 3. The number of aromatic amines is 1. The lowest BCUT2D eigenvalue weighted by atomic mass is 10.1. The average Bonchev–Trinajstić information content (AvgIpc) is 2.98. The number of H-pyrrole nitrogens is 1. The van der Waals surface area contributed by atoms with E-state index >= 15 is 0 Å². The summed E-state index contributed by atoms with van der Waals surface area (Å²) in [5.41, 5.74) is 4.71. The van der Waals surface area contributed by atoms with Gasteiger partial charge in [0.25, 0.3) is 0 Å². The average molecular weight is 346 g/mol. The van der Waals surface area contributed by atoms with Gasteiger partial charge in [-0.3, -0.25) is 4.90 Å². The summed E-state index contributed by atoms with van der Waals surface area (Å²) >= 11 is 0. The molecule has 4 rings (SSSR count). The van der Waals surface area contributed by atoms with Crippen LogP contribution in [0.2, 0.25) is 0 Å². The number of hydrogen-bond acceptors (Lipinski definition) is 3. The summed E-state index contributed by atoms with van der Waals surface area (Å²) in [7, 11) is 0. The highest BCUT2D eigenvalue weighted by molar-refractivity contribution is 5.85. The fourth-order valence-electron chi connectivity index (χ4n) is 3.36. The predicted molar refractivity (Wildman–Crippen MR) is 87.9 cm³/mol. The van der Waals surface area contributed by atoms with Crippen LogP contribution in [-0.2, 0) is 25.7 Å². The summed E-state index contributed by atoms with van der Waals surface area (Å²) in [5.74, 6) is -1.06. The Morgan fingerprint density at radius 2 is 2.12 bits per heavy atom. The van der Waals surface area contributed by atoms with E-state index < -0.39 is 12.0 Å². The van der Waals surface area contributed by atoms with Crippen LogP contribution < -0.4 is 0 Å². The monoisotopic (exact) mass is 346 g/mol. The molecular weight excluding hydrogens is 329 g/mol. The minimum atomic E-state index is -4.51. The number of para-hydroxylation sites is 1. The first-order valence-electron chi connectivity index (χ1n) is 8.12. The van der Waals surface area contributed by atoms with Gasteiger partial charge in [-0.25, -0.2) is 9.97 Å². The van der Waals surface area contributed by atoms with E-state index in [2.05, 4.69) is 38.9 Å². The first-order chi connectivity index (χ1) is 11.9. The fraction of sp³-hybridized carbons (Fsp3) is 0.333. The summed E-state index contributed by atoms with van der Waals surface area (Å²) in [6.45, 7) is 3.91. The standard InChI is InChI=1S/C18H17F3N4/c1-11-3-2-4-14-13(8-22-16(11)14)9-25-6-5-12-7-23-17(18(19,20)21)24-15(12)10-25/h2-4,7-8,22H,5-6,9-10H2,1H3. The van der Waals surface area contributed by atoms with E-state index in [1.54, 1.807) is 0 Å². The molecule has 2 aromatic heterocycles. The maximum atomic E-state index is 12.8. The molecule has 0 saturated heterocycles. The Balaban J connectivity index is 1.58. The van der Waals surface area contributed by atoms with Crippen LogP contribution in [0, 0.1) is 6.92 Å². The molecule has 3 aromatic rings. The number of nitrogens with zero attached hydrogens (tertiary/aromatic N) is 3. The third-order valence-electron chi connectivity index (χ3n) is 4.68. The van der Waals surface area contributed by atoms with Crippen LogP contribution in [0.15, 0.2) is 30.6 Å². The SMILES string of the molecule is Cc1cccc2c(CN3CCc4cnc(C(F)(F)F)nc4C3)c[nH]c12. The zero-order valence-electron chi connectivity index (χ0n) is 13.7. The van der Waals surface area contributed by atoms with Gasteiger partial charge >= 0.3 is 6.18 Å². The van der Waals surface area contributed by atoms with Gasteiger partial charge in [0.1, 0.15) is 0 Å². The highest BCUT2D eigenvalue weighted by atomic mass is 19.4. The number of aryl methyl sites for hydroxylation is 1. The largest absolute Gasteiger partial charge is 0.451 e. The topological polar surface area (TPSA) is 44.8 Å². The van der Waals surface area contributed by atoms with E-state index in [1.165, 1.54) is 11.8 Å². The molecule has 7 heteroatoms. The fourth-order valence-corrected chi connectivity index (χ4v) is 3.36. The lowest BCUT2D eigenvalue weighted by molar-refractivity contribution is -0.145. The molecule has 0 amide bonds. The molecule has 130 valence electrons. The second-order valence-electron chi connectivity index (χ2n) is 6.44.